The smallest absolute Gasteiger partial charge is 0.420 e. The number of aromatic hydroxyl groups is 1. The molecule has 0 aliphatic carbocycles. The number of rotatable bonds is 17. The average molecular weight is 2160 g/mol. The number of carbonyl (C=O) groups excluding carboxylic acids is 9. The molecular formula is C111H146Cl3F9N14O13. The summed E-state index contributed by atoms with van der Waals surface area (Å²) >= 11 is 18.5. The Hall–Kier alpha value is -10.5. The molecule has 39 heteroatoms. The van der Waals surface area contributed by atoms with Crippen LogP contribution in [0.15, 0.2) is 109 Å². The van der Waals surface area contributed by atoms with Crippen molar-refractivity contribution in [1.29, 1.82) is 0 Å². The van der Waals surface area contributed by atoms with Gasteiger partial charge in [-0.25, -0.2) is 14.4 Å². The van der Waals surface area contributed by atoms with E-state index >= 15 is 0 Å². The highest BCUT2D eigenvalue weighted by Crippen LogP contribution is 2.51. The van der Waals surface area contributed by atoms with E-state index < -0.39 is 117 Å². The first-order chi connectivity index (χ1) is 71.8. The van der Waals surface area contributed by atoms with Crippen LogP contribution in [0.25, 0.3) is 0 Å². The van der Waals surface area contributed by atoms with Crippen molar-refractivity contribution in [2.75, 3.05) is 166 Å². The van der Waals surface area contributed by atoms with E-state index in [-0.39, 0.29) is 88.2 Å². The molecule has 0 unspecified atom stereocenters. The Balaban J connectivity index is 0.000000183. The van der Waals surface area contributed by atoms with Gasteiger partial charge in [-0.05, 0) is 274 Å². The van der Waals surface area contributed by atoms with E-state index in [2.05, 4.69) is 48.7 Å². The number of phenols is 1. The van der Waals surface area contributed by atoms with Crippen LogP contribution in [-0.2, 0) is 97.0 Å². The van der Waals surface area contributed by atoms with Crippen LogP contribution in [0, 0.1) is 23.7 Å². The van der Waals surface area contributed by atoms with Gasteiger partial charge in [0.15, 0.2) is 18.3 Å². The van der Waals surface area contributed by atoms with Crippen LogP contribution < -0.4 is 31.9 Å². The first-order valence-corrected chi connectivity index (χ1v) is 54.7. The Bertz CT molecular complexity index is 5410. The van der Waals surface area contributed by atoms with E-state index in [1.165, 1.54) is 66.3 Å². The number of phenolic OH excluding ortho intramolecular Hbond substituents is 1. The van der Waals surface area contributed by atoms with Gasteiger partial charge in [0.2, 0.25) is 17.7 Å². The summed E-state index contributed by atoms with van der Waals surface area (Å²) in [5.74, 6) is -0.421. The second kappa shape index (κ2) is 51.9. The third-order valence-electron chi connectivity index (χ3n) is 32.3. The molecule has 822 valence electrons. The number of fused-ring (bicyclic) bond motifs is 6. The third kappa shape index (κ3) is 28.2. The third-order valence-corrected chi connectivity index (χ3v) is 33.2. The lowest BCUT2D eigenvalue weighted by Gasteiger charge is -2.44. The van der Waals surface area contributed by atoms with Crippen molar-refractivity contribution in [3.8, 4) is 5.75 Å². The van der Waals surface area contributed by atoms with Crippen LogP contribution in [0.4, 0.5) is 82.3 Å². The van der Waals surface area contributed by atoms with Crippen molar-refractivity contribution in [2.24, 2.45) is 23.7 Å². The van der Waals surface area contributed by atoms with Crippen molar-refractivity contribution in [3.63, 3.8) is 0 Å². The van der Waals surface area contributed by atoms with Crippen LogP contribution in [0.5, 0.6) is 5.75 Å². The minimum Gasteiger partial charge on any atom is -0.506 e. The van der Waals surface area contributed by atoms with Gasteiger partial charge in [-0.3, -0.25) is 28.8 Å². The Morgan fingerprint density at radius 3 is 0.987 bits per heavy atom. The summed E-state index contributed by atoms with van der Waals surface area (Å²) in [5.41, 5.74) is 0.736. The number of para-hydroxylation sites is 3. The Morgan fingerprint density at radius 1 is 0.387 bits per heavy atom. The molecule has 0 saturated carbocycles. The van der Waals surface area contributed by atoms with Gasteiger partial charge in [0.25, 0.3) is 17.7 Å². The molecule has 9 fully saturated rings. The SMILES string of the molecule is CC.CC.CC.CN1CCC(C2CCN(C(=O)[C@@H](Cc3cc(Cl)c(O)c(C(F)(F)F)c3)OC(=O)N3CCC4(CC3)CC(=O)Nc3ccccc34)CC2)CC1.CNc1c(Cl)cc(C[C@@H](OC(=O)N2CCC3(CC2)CC(=O)Nc2ccccc23)C(=O)N2CCC(C3CCNCC3)CC2)cc1C(F)(F)F.CNc1c(Cl)cc(C[C@@H](OC(=O)N2CCC3(CC2)CC(=O)Nc2ccccc23)C(=O)N2CCC(N3CCCCC3)CC2)cc1C(F)(F)F. The predicted octanol–water partition coefficient (Wildman–Crippen LogP) is 21.5. The zero-order valence-electron chi connectivity index (χ0n) is 87.4. The molecule has 3 atom stereocenters. The number of piperidine rings is 9. The molecule has 9 amide bonds. The molecule has 27 nitrogen and oxygen atoms in total. The number of alkyl halides is 9. The summed E-state index contributed by atoms with van der Waals surface area (Å²) in [7, 11) is 4.84. The normalized spacial score (nSPS) is 20.4. The predicted molar refractivity (Wildman–Crippen MR) is 562 cm³/mol. The number of halogens is 12. The lowest BCUT2D eigenvalue weighted by Crippen LogP contribution is -2.52. The van der Waals surface area contributed by atoms with Crippen LogP contribution in [0.1, 0.15) is 233 Å². The van der Waals surface area contributed by atoms with E-state index in [1.807, 2.05) is 114 Å². The molecule has 9 saturated heterocycles. The van der Waals surface area contributed by atoms with Gasteiger partial charge < -0.3 is 90.4 Å². The molecule has 6 aromatic rings. The molecule has 0 bridgehead atoms. The molecule has 12 aliphatic heterocycles. The monoisotopic (exact) mass is 2160 g/mol. The quantitative estimate of drug-likeness (QED) is 0.0330. The van der Waals surface area contributed by atoms with E-state index in [0.29, 0.717) is 153 Å². The average Bonchev–Trinajstić information content (AvgIpc) is 0.758. The van der Waals surface area contributed by atoms with Gasteiger partial charge in [0.05, 0.1) is 43.1 Å². The van der Waals surface area contributed by atoms with Crippen molar-refractivity contribution in [2.45, 2.75) is 261 Å². The van der Waals surface area contributed by atoms with Crippen molar-refractivity contribution >= 4 is 117 Å². The number of likely N-dealkylation sites (tertiary alicyclic amines) is 8. The summed E-state index contributed by atoms with van der Waals surface area (Å²) in [6, 6.07) is 30.0. The van der Waals surface area contributed by atoms with Crippen molar-refractivity contribution < 1.29 is 102 Å². The maximum absolute atomic E-state index is 14.0. The molecule has 18 rings (SSSR count). The minimum absolute atomic E-state index is 0.0138. The van der Waals surface area contributed by atoms with Crippen LogP contribution in [0.2, 0.25) is 15.1 Å². The summed E-state index contributed by atoms with van der Waals surface area (Å²) in [6.07, 6.45) is -4.33. The van der Waals surface area contributed by atoms with Crippen molar-refractivity contribution in [1.82, 2.24) is 44.5 Å². The van der Waals surface area contributed by atoms with Gasteiger partial charge >= 0.3 is 36.8 Å². The topological polar surface area (TPSA) is 300 Å². The lowest BCUT2D eigenvalue weighted by atomic mass is 9.68. The van der Waals surface area contributed by atoms with Crippen LogP contribution >= 0.6 is 34.8 Å². The molecule has 12 aliphatic rings. The lowest BCUT2D eigenvalue weighted by molar-refractivity contribution is -0.143. The van der Waals surface area contributed by atoms with Crippen molar-refractivity contribution in [3.05, 3.63) is 174 Å². The van der Waals surface area contributed by atoms with Crippen LogP contribution in [-0.4, -0.2) is 261 Å². The molecular weight excluding hydrogens is 2010 g/mol. The van der Waals surface area contributed by atoms with Crippen LogP contribution in [0.3, 0.4) is 0 Å². The molecule has 3 spiro atoms. The van der Waals surface area contributed by atoms with E-state index in [9.17, 15) is 87.8 Å². The first kappa shape index (κ1) is 117. The largest absolute Gasteiger partial charge is 0.506 e. The number of hydrogen-bond donors (Lipinski definition) is 7. The maximum Gasteiger partial charge on any atom is 0.420 e. The highest BCUT2D eigenvalue weighted by atomic mass is 35.5. The van der Waals surface area contributed by atoms with Gasteiger partial charge in [0.1, 0.15) is 5.75 Å². The number of nitrogens with zero attached hydrogens (tertiary/aromatic N) is 8. The number of carbonyl (C=O) groups is 9. The second-order valence-electron chi connectivity index (χ2n) is 41.0. The van der Waals surface area contributed by atoms with Gasteiger partial charge in [0, 0.05) is 171 Å². The molecule has 12 heterocycles. The number of nitrogens with one attached hydrogen (secondary N) is 6. The summed E-state index contributed by atoms with van der Waals surface area (Å²) in [5, 5.41) is 26.4. The van der Waals surface area contributed by atoms with Gasteiger partial charge in [-0.2, -0.15) is 39.5 Å². The Morgan fingerprint density at radius 2 is 0.673 bits per heavy atom. The number of anilines is 5. The number of amides is 9. The van der Waals surface area contributed by atoms with Gasteiger partial charge in [-0.1, -0.05) is 137 Å². The number of benzene rings is 6. The zero-order valence-corrected chi connectivity index (χ0v) is 89.6. The zero-order chi connectivity index (χ0) is 108. The summed E-state index contributed by atoms with van der Waals surface area (Å²) in [6.45, 7) is 22.9. The molecule has 0 radical (unpaired) electrons. The first-order valence-electron chi connectivity index (χ1n) is 53.6. The summed E-state index contributed by atoms with van der Waals surface area (Å²) < 4.78 is 143. The van der Waals surface area contributed by atoms with Gasteiger partial charge in [-0.15, -0.1) is 0 Å². The molecule has 0 aromatic heterocycles. The number of hydrogen-bond acceptors (Lipinski definition) is 18. The standard InChI is InChI=1S/2C35H43ClF3N5O4.C35H42ClF3N4O5.3C2H6/c1-40-31-26(35(37,38)39)19-23(20-27(31)36)21-29(32(46)43-15-9-24(10-16-43)42-13-5-2-6-14-42)48-33(47)44-17-11-34(12-18-44)22-30(45)41-28-8-4-3-7-25(28)34;1-40-31-26(35(37,38)39)18-22(19-27(31)36)20-29(32(46)43-14-8-24(9-15-43)23-6-12-41-13-7-23)48-33(47)44-16-10-34(11-17-44)21-30(45)42-28-5-3-2-4-25(28)34;1-41-12-6-23(7-13-41)24-8-14-42(15-9-24)32(46)29(20-22-18-26(35(37,38)39)31(45)27(36)19-22)48-33(47)43-16-10-34(11-17-43)21-30(44)40-28-5-3-2-4-25(28)34;3*1-2/h3-4,7-8,19-20,24,29,40H,2,5-6,9-18,21-22H2,1H3,(H,41,45);2-5,18-19,23-24,29,40-41H,6-17,20-21H2,1H3,(H,42,45);2-5,18-19,23-24,29,45H,6-17,20-21H2,1H3,(H,40,44);3*1-2H3/t3*29-;;;/m111.../s1. The fourth-order valence-electron chi connectivity index (χ4n) is 24.3. The minimum atomic E-state index is -4.88. The Labute approximate surface area is 888 Å². The fraction of sp³-hybridized carbons (Fsp3) is 0.595. The second-order valence-corrected chi connectivity index (χ2v) is 42.2. The van der Waals surface area contributed by atoms with E-state index in [1.54, 1.807) is 14.7 Å². The number of ether oxygens (including phenoxy) is 3. The van der Waals surface area contributed by atoms with E-state index in [4.69, 9.17) is 49.0 Å². The molecule has 6 aromatic carbocycles. The Kier molecular flexibility index (Phi) is 40.4. The fourth-order valence-corrected chi connectivity index (χ4v) is 25.2. The highest BCUT2D eigenvalue weighted by Gasteiger charge is 2.51. The molecule has 7 N–H and O–H groups in total. The maximum atomic E-state index is 14.0. The van der Waals surface area contributed by atoms with E-state index in [0.717, 1.165) is 155 Å². The summed E-state index contributed by atoms with van der Waals surface area (Å²) in [4.78, 5) is 135. The molecule has 150 heavy (non-hydrogen) atoms. The highest BCUT2D eigenvalue weighted by molar-refractivity contribution is 6.34.